The zero-order valence-electron chi connectivity index (χ0n) is 12.6. The minimum Gasteiger partial charge on any atom is -0.252 e. The van der Waals surface area contributed by atoms with Crippen LogP contribution in [-0.2, 0) is 0 Å². The van der Waals surface area contributed by atoms with Crippen molar-refractivity contribution in [2.45, 2.75) is 13.8 Å². The standard InChI is InChI=1S/C18H17N3S/c1-13-8-10-15(11-9-13)14(2)20-21-18-19-17(12-22-18)16-6-4-3-5-7-16/h3-12H,1-2H3,(H,19,21)/b20-14-. The van der Waals surface area contributed by atoms with Crippen LogP contribution in [-0.4, -0.2) is 10.7 Å². The third kappa shape index (κ3) is 3.40. The lowest BCUT2D eigenvalue weighted by Gasteiger charge is -2.02. The summed E-state index contributed by atoms with van der Waals surface area (Å²) < 4.78 is 0. The van der Waals surface area contributed by atoms with Crippen molar-refractivity contribution in [1.82, 2.24) is 4.98 Å². The van der Waals surface area contributed by atoms with Gasteiger partial charge in [-0.15, -0.1) is 11.3 Å². The molecule has 0 aliphatic heterocycles. The van der Waals surface area contributed by atoms with E-state index < -0.39 is 0 Å². The van der Waals surface area contributed by atoms with Gasteiger partial charge < -0.3 is 0 Å². The number of aromatic nitrogens is 1. The Labute approximate surface area is 134 Å². The molecule has 3 nitrogen and oxygen atoms in total. The summed E-state index contributed by atoms with van der Waals surface area (Å²) >= 11 is 1.55. The third-order valence-corrected chi connectivity index (χ3v) is 4.11. The lowest BCUT2D eigenvalue weighted by molar-refractivity contribution is 1.27. The van der Waals surface area contributed by atoms with Gasteiger partial charge >= 0.3 is 0 Å². The van der Waals surface area contributed by atoms with Gasteiger partial charge in [0.1, 0.15) is 0 Å². The zero-order chi connectivity index (χ0) is 15.4. The fraction of sp³-hybridized carbons (Fsp3) is 0.111. The molecule has 1 heterocycles. The monoisotopic (exact) mass is 307 g/mol. The smallest absolute Gasteiger partial charge is 0.203 e. The molecule has 0 spiro atoms. The van der Waals surface area contributed by atoms with Gasteiger partial charge in [-0.3, -0.25) is 5.43 Å². The van der Waals surface area contributed by atoms with Crippen molar-refractivity contribution in [1.29, 1.82) is 0 Å². The van der Waals surface area contributed by atoms with Crippen molar-refractivity contribution in [3.05, 3.63) is 71.1 Å². The molecular weight excluding hydrogens is 290 g/mol. The van der Waals surface area contributed by atoms with Gasteiger partial charge in [-0.25, -0.2) is 4.98 Å². The van der Waals surface area contributed by atoms with Crippen molar-refractivity contribution in [3.8, 4) is 11.3 Å². The van der Waals surface area contributed by atoms with Gasteiger partial charge in [-0.2, -0.15) is 5.10 Å². The lowest BCUT2D eigenvalue weighted by atomic mass is 10.1. The van der Waals surface area contributed by atoms with Gasteiger partial charge in [0.05, 0.1) is 11.4 Å². The topological polar surface area (TPSA) is 37.3 Å². The number of aryl methyl sites for hydroxylation is 1. The van der Waals surface area contributed by atoms with Crippen LogP contribution < -0.4 is 5.43 Å². The number of hydrazone groups is 1. The first-order chi connectivity index (χ1) is 10.7. The second-order valence-electron chi connectivity index (χ2n) is 5.08. The molecule has 2 aromatic carbocycles. The molecule has 0 saturated carbocycles. The van der Waals surface area contributed by atoms with Crippen LogP contribution in [0.4, 0.5) is 5.13 Å². The molecule has 0 fully saturated rings. The van der Waals surface area contributed by atoms with Crippen LogP contribution in [0.5, 0.6) is 0 Å². The molecule has 3 rings (SSSR count). The number of benzene rings is 2. The van der Waals surface area contributed by atoms with E-state index in [0.717, 1.165) is 27.7 Å². The van der Waals surface area contributed by atoms with Gasteiger partial charge in [0.25, 0.3) is 0 Å². The number of thiazole rings is 1. The number of hydrogen-bond donors (Lipinski definition) is 1. The molecule has 0 unspecified atom stereocenters. The van der Waals surface area contributed by atoms with E-state index in [1.165, 1.54) is 5.56 Å². The van der Waals surface area contributed by atoms with Crippen LogP contribution >= 0.6 is 11.3 Å². The Morgan fingerprint density at radius 3 is 2.50 bits per heavy atom. The second kappa shape index (κ2) is 6.54. The Hall–Kier alpha value is -2.46. The Balaban J connectivity index is 1.73. The Morgan fingerprint density at radius 1 is 1.05 bits per heavy atom. The van der Waals surface area contributed by atoms with E-state index in [2.05, 4.69) is 58.8 Å². The highest BCUT2D eigenvalue weighted by molar-refractivity contribution is 7.14. The molecule has 1 aromatic heterocycles. The summed E-state index contributed by atoms with van der Waals surface area (Å²) in [6, 6.07) is 18.5. The summed E-state index contributed by atoms with van der Waals surface area (Å²) in [4.78, 5) is 4.56. The summed E-state index contributed by atoms with van der Waals surface area (Å²) in [6.45, 7) is 4.07. The summed E-state index contributed by atoms with van der Waals surface area (Å²) in [5.41, 5.74) is 8.43. The average molecular weight is 307 g/mol. The highest BCUT2D eigenvalue weighted by Crippen LogP contribution is 2.24. The van der Waals surface area contributed by atoms with E-state index in [0.29, 0.717) is 0 Å². The van der Waals surface area contributed by atoms with Crippen LogP contribution in [0.25, 0.3) is 11.3 Å². The number of rotatable bonds is 4. The second-order valence-corrected chi connectivity index (χ2v) is 5.94. The Bertz CT molecular complexity index is 774. The molecule has 1 N–H and O–H groups in total. The molecule has 3 aromatic rings. The first-order valence-electron chi connectivity index (χ1n) is 7.10. The lowest BCUT2D eigenvalue weighted by Crippen LogP contribution is -1.99. The van der Waals surface area contributed by atoms with Crippen LogP contribution in [0.1, 0.15) is 18.1 Å². The molecule has 110 valence electrons. The normalized spacial score (nSPS) is 11.5. The van der Waals surface area contributed by atoms with E-state index in [1.54, 1.807) is 11.3 Å². The SMILES string of the molecule is C/C(=N/Nc1nc(-c2ccccc2)cs1)c1ccc(C)cc1. The third-order valence-electron chi connectivity index (χ3n) is 3.36. The first-order valence-corrected chi connectivity index (χ1v) is 7.98. The van der Waals surface area contributed by atoms with Crippen LogP contribution in [0, 0.1) is 6.92 Å². The van der Waals surface area contributed by atoms with E-state index >= 15 is 0 Å². The van der Waals surface area contributed by atoms with Crippen molar-refractivity contribution < 1.29 is 0 Å². The number of hydrogen-bond acceptors (Lipinski definition) is 4. The Morgan fingerprint density at radius 2 is 1.77 bits per heavy atom. The van der Waals surface area contributed by atoms with E-state index in [1.807, 2.05) is 30.5 Å². The largest absolute Gasteiger partial charge is 0.252 e. The van der Waals surface area contributed by atoms with Crippen LogP contribution in [0.3, 0.4) is 0 Å². The molecule has 0 bridgehead atoms. The minimum absolute atomic E-state index is 0.797. The molecule has 0 saturated heterocycles. The van der Waals surface area contributed by atoms with E-state index in [9.17, 15) is 0 Å². The highest BCUT2D eigenvalue weighted by atomic mass is 32.1. The van der Waals surface area contributed by atoms with Crippen molar-refractivity contribution in [2.75, 3.05) is 5.43 Å². The minimum atomic E-state index is 0.797. The van der Waals surface area contributed by atoms with Gasteiger partial charge in [-0.05, 0) is 19.4 Å². The first kappa shape index (κ1) is 14.5. The Kier molecular flexibility index (Phi) is 4.30. The number of nitrogens with zero attached hydrogens (tertiary/aromatic N) is 2. The van der Waals surface area contributed by atoms with Crippen LogP contribution in [0.2, 0.25) is 0 Å². The molecule has 0 aliphatic carbocycles. The van der Waals surface area contributed by atoms with Crippen molar-refractivity contribution in [2.24, 2.45) is 5.10 Å². The predicted octanol–water partition coefficient (Wildman–Crippen LogP) is 4.95. The molecule has 0 atom stereocenters. The molecular formula is C18H17N3S. The fourth-order valence-electron chi connectivity index (χ4n) is 2.06. The fourth-order valence-corrected chi connectivity index (χ4v) is 2.72. The highest BCUT2D eigenvalue weighted by Gasteiger charge is 2.03. The summed E-state index contributed by atoms with van der Waals surface area (Å²) in [6.07, 6.45) is 0. The van der Waals surface area contributed by atoms with Crippen molar-refractivity contribution in [3.63, 3.8) is 0 Å². The summed E-state index contributed by atoms with van der Waals surface area (Å²) in [5.74, 6) is 0. The maximum atomic E-state index is 4.56. The average Bonchev–Trinajstić information content (AvgIpc) is 3.03. The maximum Gasteiger partial charge on any atom is 0.203 e. The van der Waals surface area contributed by atoms with Gasteiger partial charge in [-0.1, -0.05) is 60.2 Å². The molecule has 4 heteroatoms. The predicted molar refractivity (Wildman–Crippen MR) is 94.6 cm³/mol. The maximum absolute atomic E-state index is 4.56. The number of nitrogens with one attached hydrogen (secondary N) is 1. The quantitative estimate of drug-likeness (QED) is 0.546. The van der Waals surface area contributed by atoms with Gasteiger partial charge in [0.2, 0.25) is 5.13 Å². The molecule has 0 aliphatic rings. The summed E-state index contributed by atoms with van der Waals surface area (Å²) in [5, 5.41) is 7.25. The van der Waals surface area contributed by atoms with Gasteiger partial charge in [0.15, 0.2) is 0 Å². The van der Waals surface area contributed by atoms with E-state index in [4.69, 9.17) is 0 Å². The number of anilines is 1. The molecule has 22 heavy (non-hydrogen) atoms. The van der Waals surface area contributed by atoms with Crippen molar-refractivity contribution >= 4 is 22.2 Å². The summed E-state index contributed by atoms with van der Waals surface area (Å²) in [7, 11) is 0. The zero-order valence-corrected chi connectivity index (χ0v) is 13.4. The van der Waals surface area contributed by atoms with E-state index in [-0.39, 0.29) is 0 Å². The van der Waals surface area contributed by atoms with Gasteiger partial charge in [0, 0.05) is 10.9 Å². The van der Waals surface area contributed by atoms with Crippen LogP contribution in [0.15, 0.2) is 65.1 Å². The molecule has 0 amide bonds. The molecule has 0 radical (unpaired) electrons.